The molecule has 0 unspecified atom stereocenters. The van der Waals surface area contributed by atoms with Crippen molar-refractivity contribution >= 4 is 66.3 Å². The molecule has 4 rings (SSSR count). The van der Waals surface area contributed by atoms with Gasteiger partial charge in [0.25, 0.3) is 0 Å². The van der Waals surface area contributed by atoms with E-state index in [4.69, 9.17) is 20.9 Å². The molecule has 2 amide bonds. The van der Waals surface area contributed by atoms with Crippen molar-refractivity contribution < 1.29 is 19.1 Å². The number of amides is 2. The molecule has 0 saturated carbocycles. The molecule has 198 valence electrons. The first-order valence-electron chi connectivity index (χ1n) is 11.9. The number of rotatable bonds is 11. The Bertz CT molecular complexity index is 1340. The highest BCUT2D eigenvalue weighted by Gasteiger charge is 2.18. The van der Waals surface area contributed by atoms with Crippen LogP contribution in [-0.4, -0.2) is 49.6 Å². The molecule has 0 radical (unpaired) electrons. The largest absolute Gasteiger partial charge is 0.496 e. The molecule has 2 atom stereocenters. The highest BCUT2D eigenvalue weighted by atomic mass is 33.1. The van der Waals surface area contributed by atoms with Crippen molar-refractivity contribution in [3.05, 3.63) is 72.8 Å². The van der Waals surface area contributed by atoms with Gasteiger partial charge >= 0.3 is 0 Å². The maximum absolute atomic E-state index is 12.6. The maximum atomic E-state index is 12.6. The summed E-state index contributed by atoms with van der Waals surface area (Å²) in [4.78, 5) is 25.3. The number of carbonyl (C=O) groups is 2. The van der Waals surface area contributed by atoms with Gasteiger partial charge in [0, 0.05) is 45.8 Å². The van der Waals surface area contributed by atoms with Gasteiger partial charge in [0.2, 0.25) is 11.8 Å². The Kier molecular flexibility index (Phi) is 9.35. The predicted molar refractivity (Wildman–Crippen MR) is 159 cm³/mol. The highest BCUT2D eigenvalue weighted by Crippen LogP contribution is 2.31. The lowest BCUT2D eigenvalue weighted by atomic mass is 10.1. The predicted octanol–water partition coefficient (Wildman–Crippen LogP) is 4.62. The van der Waals surface area contributed by atoms with Gasteiger partial charge < -0.3 is 31.6 Å². The number of hydrogen-bond acceptors (Lipinski definition) is 8. The van der Waals surface area contributed by atoms with E-state index < -0.39 is 12.1 Å². The van der Waals surface area contributed by atoms with E-state index in [1.165, 1.54) is 21.6 Å². The van der Waals surface area contributed by atoms with Gasteiger partial charge in [-0.1, -0.05) is 70.1 Å². The van der Waals surface area contributed by atoms with E-state index in [1.807, 2.05) is 60.7 Å². The lowest BCUT2D eigenvalue weighted by Gasteiger charge is -2.15. The minimum Gasteiger partial charge on any atom is -0.496 e. The van der Waals surface area contributed by atoms with E-state index in [1.54, 1.807) is 26.4 Å². The van der Waals surface area contributed by atoms with Crippen LogP contribution < -0.4 is 31.6 Å². The molecule has 38 heavy (non-hydrogen) atoms. The van der Waals surface area contributed by atoms with Crippen molar-refractivity contribution in [3.8, 4) is 11.5 Å². The number of ether oxygens (including phenoxy) is 2. The summed E-state index contributed by atoms with van der Waals surface area (Å²) in [6.07, 6.45) is 0. The zero-order valence-electron chi connectivity index (χ0n) is 21.1. The van der Waals surface area contributed by atoms with Crippen LogP contribution in [0.3, 0.4) is 0 Å². The zero-order chi connectivity index (χ0) is 27.1. The number of benzene rings is 4. The second-order valence-electron chi connectivity index (χ2n) is 8.56. The second-order valence-corrected chi connectivity index (χ2v) is 11.1. The summed E-state index contributed by atoms with van der Waals surface area (Å²) in [7, 11) is 5.98. The summed E-state index contributed by atoms with van der Waals surface area (Å²) < 4.78 is 10.9. The third-order valence-corrected chi connectivity index (χ3v) is 8.35. The van der Waals surface area contributed by atoms with Crippen molar-refractivity contribution in [2.75, 3.05) is 36.4 Å². The Hall–Kier alpha value is -3.44. The molecule has 0 saturated heterocycles. The van der Waals surface area contributed by atoms with Crippen LogP contribution in [0.1, 0.15) is 0 Å². The Balaban J connectivity index is 1.24. The summed E-state index contributed by atoms with van der Waals surface area (Å²) >= 11 is 0. The van der Waals surface area contributed by atoms with Crippen LogP contribution >= 0.6 is 21.6 Å². The zero-order valence-corrected chi connectivity index (χ0v) is 22.7. The maximum Gasteiger partial charge on any atom is 0.242 e. The average Bonchev–Trinajstić information content (AvgIpc) is 2.93. The van der Waals surface area contributed by atoms with Gasteiger partial charge in [-0.05, 0) is 22.9 Å². The van der Waals surface area contributed by atoms with Crippen molar-refractivity contribution in [1.82, 2.24) is 0 Å². The number of hydrogen-bond donors (Lipinski definition) is 4. The number of nitrogens with two attached hydrogens (primary N) is 2. The molecule has 4 aromatic carbocycles. The fourth-order valence-electron chi connectivity index (χ4n) is 3.90. The molecule has 4 aromatic rings. The molecule has 0 fully saturated rings. The van der Waals surface area contributed by atoms with Gasteiger partial charge in [-0.15, -0.1) is 0 Å². The monoisotopic (exact) mass is 550 g/mol. The van der Waals surface area contributed by atoms with Crippen LogP contribution in [0.25, 0.3) is 21.5 Å². The second kappa shape index (κ2) is 12.9. The third-order valence-electron chi connectivity index (χ3n) is 5.87. The lowest BCUT2D eigenvalue weighted by Crippen LogP contribution is -2.38. The van der Waals surface area contributed by atoms with Gasteiger partial charge in [-0.3, -0.25) is 9.59 Å². The summed E-state index contributed by atoms with van der Waals surface area (Å²) in [6.45, 7) is 0. The molecule has 0 aromatic heterocycles. The average molecular weight is 551 g/mol. The van der Waals surface area contributed by atoms with E-state index >= 15 is 0 Å². The number of methoxy groups -OCH3 is 2. The minimum absolute atomic E-state index is 0.303. The SMILES string of the molecule is COc1cc(NC(=O)[C@H](N)CSSC[C@H](N)C(=O)Nc2cc(OC)c3ccccc3c2)cc2ccccc12. The quantitative estimate of drug-likeness (QED) is 0.157. The Morgan fingerprint density at radius 1 is 0.711 bits per heavy atom. The van der Waals surface area contributed by atoms with Crippen molar-refractivity contribution in [2.45, 2.75) is 12.1 Å². The molecule has 0 aliphatic heterocycles. The van der Waals surface area contributed by atoms with Crippen LogP contribution in [0.15, 0.2) is 72.8 Å². The van der Waals surface area contributed by atoms with Gasteiger partial charge in [0.1, 0.15) is 11.5 Å². The van der Waals surface area contributed by atoms with Crippen LogP contribution in [0.5, 0.6) is 11.5 Å². The number of carbonyl (C=O) groups excluding carboxylic acids is 2. The topological polar surface area (TPSA) is 129 Å². The summed E-state index contributed by atoms with van der Waals surface area (Å²) in [5.74, 6) is 1.46. The molecule has 0 spiro atoms. The van der Waals surface area contributed by atoms with Gasteiger partial charge in [-0.2, -0.15) is 0 Å². The fraction of sp³-hybridized carbons (Fsp3) is 0.214. The van der Waals surface area contributed by atoms with Crippen LogP contribution in [0.4, 0.5) is 11.4 Å². The lowest BCUT2D eigenvalue weighted by molar-refractivity contribution is -0.117. The van der Waals surface area contributed by atoms with E-state index in [2.05, 4.69) is 10.6 Å². The van der Waals surface area contributed by atoms with Crippen LogP contribution in [-0.2, 0) is 9.59 Å². The fourth-order valence-corrected chi connectivity index (χ4v) is 6.14. The first-order valence-corrected chi connectivity index (χ1v) is 14.4. The Morgan fingerprint density at radius 2 is 1.11 bits per heavy atom. The van der Waals surface area contributed by atoms with Gasteiger partial charge in [0.05, 0.1) is 26.3 Å². The molecule has 0 heterocycles. The van der Waals surface area contributed by atoms with E-state index in [9.17, 15) is 9.59 Å². The smallest absolute Gasteiger partial charge is 0.242 e. The number of fused-ring (bicyclic) bond motifs is 2. The van der Waals surface area contributed by atoms with Crippen molar-refractivity contribution in [3.63, 3.8) is 0 Å². The summed E-state index contributed by atoms with van der Waals surface area (Å²) in [5.41, 5.74) is 13.4. The van der Waals surface area contributed by atoms with E-state index in [0.717, 1.165) is 21.5 Å². The highest BCUT2D eigenvalue weighted by molar-refractivity contribution is 8.76. The number of anilines is 2. The van der Waals surface area contributed by atoms with E-state index in [0.29, 0.717) is 34.4 Å². The molecule has 8 nitrogen and oxygen atoms in total. The Morgan fingerprint density at radius 3 is 1.50 bits per heavy atom. The van der Waals surface area contributed by atoms with E-state index in [-0.39, 0.29) is 11.8 Å². The molecular formula is C28H30N4O4S2. The molecule has 0 aliphatic rings. The Labute approximate surface area is 229 Å². The summed E-state index contributed by atoms with van der Waals surface area (Å²) in [5, 5.41) is 9.55. The van der Waals surface area contributed by atoms with Gasteiger partial charge in [0.15, 0.2) is 0 Å². The molecular weight excluding hydrogens is 520 g/mol. The first kappa shape index (κ1) is 27.6. The summed E-state index contributed by atoms with van der Waals surface area (Å²) in [6, 6.07) is 21.4. The normalized spacial score (nSPS) is 12.6. The molecule has 6 N–H and O–H groups in total. The number of nitrogens with one attached hydrogen (secondary N) is 2. The first-order chi connectivity index (χ1) is 18.4. The molecule has 0 bridgehead atoms. The molecule has 0 aliphatic carbocycles. The third kappa shape index (κ3) is 6.70. The minimum atomic E-state index is -0.736. The standard InChI is InChI=1S/C28H30N4O4S2/c1-35-25-13-19(11-17-7-3-5-9-21(17)25)31-27(33)23(29)15-37-38-16-24(30)28(34)32-20-12-18-8-4-6-10-22(18)26(14-20)36-2/h3-14,23-24H,15-16,29-30H2,1-2H3,(H,31,33)(H,32,34)/t23-,24+. The van der Waals surface area contributed by atoms with Crippen LogP contribution in [0, 0.1) is 0 Å². The van der Waals surface area contributed by atoms with Crippen LogP contribution in [0.2, 0.25) is 0 Å². The molecule has 10 heteroatoms. The van der Waals surface area contributed by atoms with Crippen molar-refractivity contribution in [1.29, 1.82) is 0 Å². The van der Waals surface area contributed by atoms with Crippen molar-refractivity contribution in [2.24, 2.45) is 11.5 Å². The van der Waals surface area contributed by atoms with Gasteiger partial charge in [-0.25, -0.2) is 0 Å².